The summed E-state index contributed by atoms with van der Waals surface area (Å²) >= 11 is 6.45. The molecule has 0 aliphatic heterocycles. The molecule has 0 atom stereocenters. The molecule has 33 heavy (non-hydrogen) atoms. The van der Waals surface area contributed by atoms with Gasteiger partial charge in [0.1, 0.15) is 23.3 Å². The molecule has 0 spiro atoms. The molecule has 1 fully saturated rings. The van der Waals surface area contributed by atoms with E-state index in [4.69, 9.17) is 11.6 Å². The van der Waals surface area contributed by atoms with Gasteiger partial charge in [0.15, 0.2) is 0 Å². The molecule has 3 aromatic rings. The van der Waals surface area contributed by atoms with E-state index in [9.17, 15) is 8.78 Å². The van der Waals surface area contributed by atoms with E-state index in [1.807, 2.05) is 18.2 Å². The Morgan fingerprint density at radius 1 is 1.00 bits per heavy atom. The van der Waals surface area contributed by atoms with Crippen LogP contribution in [0.1, 0.15) is 31.2 Å². The topological polar surface area (TPSA) is 53.1 Å². The lowest BCUT2D eigenvalue weighted by Crippen LogP contribution is -2.36. The van der Waals surface area contributed by atoms with E-state index in [1.165, 1.54) is 12.1 Å². The second kappa shape index (κ2) is 10.4. The molecule has 5 nitrogen and oxygen atoms in total. The SMILES string of the molecule is CN(C)[C@H]1CC[C@H](Nc2cc(-c3cccc(NCc4cc(F)cc(F)c4)n3)c(Cl)cn2)CC1. The van der Waals surface area contributed by atoms with E-state index in [-0.39, 0.29) is 6.54 Å². The van der Waals surface area contributed by atoms with Crippen molar-refractivity contribution < 1.29 is 8.78 Å². The van der Waals surface area contributed by atoms with Crippen LogP contribution >= 0.6 is 11.6 Å². The Kier molecular flexibility index (Phi) is 7.40. The average molecular weight is 472 g/mol. The molecule has 8 heteroatoms. The third kappa shape index (κ3) is 6.18. The maximum absolute atomic E-state index is 13.4. The van der Waals surface area contributed by atoms with Gasteiger partial charge in [-0.05, 0) is 75.7 Å². The second-order valence-electron chi connectivity index (χ2n) is 8.70. The van der Waals surface area contributed by atoms with Gasteiger partial charge < -0.3 is 15.5 Å². The first-order valence-electron chi connectivity index (χ1n) is 11.1. The highest BCUT2D eigenvalue weighted by atomic mass is 35.5. The van der Waals surface area contributed by atoms with E-state index in [0.717, 1.165) is 43.1 Å². The maximum atomic E-state index is 13.4. The van der Waals surface area contributed by atoms with Gasteiger partial charge >= 0.3 is 0 Å². The molecule has 0 bridgehead atoms. The van der Waals surface area contributed by atoms with Crippen molar-refractivity contribution in [2.24, 2.45) is 0 Å². The lowest BCUT2D eigenvalue weighted by atomic mass is 9.90. The number of halogens is 3. The zero-order valence-corrected chi connectivity index (χ0v) is 19.5. The maximum Gasteiger partial charge on any atom is 0.126 e. The first-order valence-corrected chi connectivity index (χ1v) is 11.5. The summed E-state index contributed by atoms with van der Waals surface area (Å²) in [4.78, 5) is 11.4. The van der Waals surface area contributed by atoms with Crippen LogP contribution < -0.4 is 10.6 Å². The van der Waals surface area contributed by atoms with Crippen molar-refractivity contribution in [2.45, 2.75) is 44.3 Å². The first-order chi connectivity index (χ1) is 15.9. The van der Waals surface area contributed by atoms with E-state index in [1.54, 1.807) is 12.3 Å². The van der Waals surface area contributed by atoms with Crippen molar-refractivity contribution in [3.63, 3.8) is 0 Å². The molecule has 1 aliphatic rings. The van der Waals surface area contributed by atoms with Crippen LogP contribution in [0.2, 0.25) is 5.02 Å². The first kappa shape index (κ1) is 23.4. The summed E-state index contributed by atoms with van der Waals surface area (Å²) in [6.07, 6.45) is 6.16. The van der Waals surface area contributed by atoms with Gasteiger partial charge in [0.25, 0.3) is 0 Å². The Bertz CT molecular complexity index is 1080. The van der Waals surface area contributed by atoms with Crippen molar-refractivity contribution in [2.75, 3.05) is 24.7 Å². The molecule has 0 radical (unpaired) electrons. The van der Waals surface area contributed by atoms with Crippen molar-refractivity contribution in [3.05, 3.63) is 70.9 Å². The molecule has 2 heterocycles. The third-order valence-corrected chi connectivity index (χ3v) is 6.36. The van der Waals surface area contributed by atoms with Crippen LogP contribution in [0.5, 0.6) is 0 Å². The lowest BCUT2D eigenvalue weighted by molar-refractivity contribution is 0.221. The standard InChI is InChI=1S/C25H28ClF2N5/c1-33(2)20-8-6-19(7-9-20)31-25-13-21(22(26)15-30-25)23-4-3-5-24(32-23)29-14-16-10-17(27)12-18(28)11-16/h3-5,10-13,15,19-20H,6-9,14H2,1-2H3,(H,29,32)(H,30,31)/t19-,20-. The molecule has 0 amide bonds. The summed E-state index contributed by atoms with van der Waals surface area (Å²) in [5.74, 6) is 0.152. The molecular formula is C25H28ClF2N5. The Balaban J connectivity index is 1.45. The van der Waals surface area contributed by atoms with Gasteiger partial charge in [-0.3, -0.25) is 0 Å². The molecule has 1 aliphatic carbocycles. The van der Waals surface area contributed by atoms with Gasteiger partial charge in [0.05, 0.1) is 10.7 Å². The van der Waals surface area contributed by atoms with E-state index in [2.05, 4.69) is 39.6 Å². The summed E-state index contributed by atoms with van der Waals surface area (Å²) in [7, 11) is 4.27. The fourth-order valence-electron chi connectivity index (χ4n) is 4.25. The van der Waals surface area contributed by atoms with E-state index < -0.39 is 11.6 Å². The molecule has 1 saturated carbocycles. The predicted octanol–water partition coefficient (Wildman–Crippen LogP) is 5.97. The highest BCUT2D eigenvalue weighted by Crippen LogP contribution is 2.30. The normalized spacial score (nSPS) is 18.4. The molecular weight excluding hydrogens is 444 g/mol. The summed E-state index contributed by atoms with van der Waals surface area (Å²) in [6, 6.07) is 11.9. The van der Waals surface area contributed by atoms with Gasteiger partial charge in [0.2, 0.25) is 0 Å². The lowest BCUT2D eigenvalue weighted by Gasteiger charge is -2.33. The summed E-state index contributed by atoms with van der Waals surface area (Å²) in [5, 5.41) is 7.17. The summed E-state index contributed by atoms with van der Waals surface area (Å²) in [6.45, 7) is 0.248. The Labute approximate surface area is 198 Å². The Morgan fingerprint density at radius 3 is 2.42 bits per heavy atom. The van der Waals surface area contributed by atoms with Crippen molar-refractivity contribution >= 4 is 23.2 Å². The molecule has 4 rings (SSSR count). The smallest absolute Gasteiger partial charge is 0.126 e. The highest BCUT2D eigenvalue weighted by Gasteiger charge is 2.22. The highest BCUT2D eigenvalue weighted by molar-refractivity contribution is 6.33. The number of nitrogens with one attached hydrogen (secondary N) is 2. The number of anilines is 2. The number of rotatable bonds is 7. The van der Waals surface area contributed by atoms with Crippen LogP contribution in [-0.4, -0.2) is 41.0 Å². The monoisotopic (exact) mass is 471 g/mol. The molecule has 0 saturated heterocycles. The predicted molar refractivity (Wildman–Crippen MR) is 130 cm³/mol. The number of hydrogen-bond donors (Lipinski definition) is 2. The Hall–Kier alpha value is -2.77. The minimum Gasteiger partial charge on any atom is -0.367 e. The van der Waals surface area contributed by atoms with Crippen molar-refractivity contribution in [1.29, 1.82) is 0 Å². The van der Waals surface area contributed by atoms with Crippen LogP contribution in [0, 0.1) is 11.6 Å². The minimum atomic E-state index is -0.604. The molecule has 2 aromatic heterocycles. The zero-order valence-electron chi connectivity index (χ0n) is 18.8. The van der Waals surface area contributed by atoms with E-state index in [0.29, 0.717) is 34.2 Å². The van der Waals surface area contributed by atoms with Gasteiger partial charge in [-0.25, -0.2) is 18.7 Å². The molecule has 1 aromatic carbocycles. The molecule has 2 N–H and O–H groups in total. The minimum absolute atomic E-state index is 0.248. The summed E-state index contributed by atoms with van der Waals surface area (Å²) in [5.41, 5.74) is 1.96. The van der Waals surface area contributed by atoms with Crippen LogP contribution in [0.25, 0.3) is 11.3 Å². The van der Waals surface area contributed by atoms with Gasteiger partial charge in [-0.15, -0.1) is 0 Å². The van der Waals surface area contributed by atoms with Crippen LogP contribution in [-0.2, 0) is 6.54 Å². The fraction of sp³-hybridized carbons (Fsp3) is 0.360. The second-order valence-corrected chi connectivity index (χ2v) is 9.11. The molecule has 174 valence electrons. The number of aromatic nitrogens is 2. The Morgan fingerprint density at radius 2 is 1.73 bits per heavy atom. The van der Waals surface area contributed by atoms with Gasteiger partial charge in [0, 0.05) is 36.5 Å². The average Bonchev–Trinajstić information content (AvgIpc) is 2.79. The van der Waals surface area contributed by atoms with Crippen molar-refractivity contribution in [1.82, 2.24) is 14.9 Å². The number of hydrogen-bond acceptors (Lipinski definition) is 5. The van der Waals surface area contributed by atoms with Crippen LogP contribution in [0.4, 0.5) is 20.4 Å². The number of benzene rings is 1. The van der Waals surface area contributed by atoms with E-state index >= 15 is 0 Å². The largest absolute Gasteiger partial charge is 0.367 e. The number of nitrogens with zero attached hydrogens (tertiary/aromatic N) is 3. The number of pyridine rings is 2. The fourth-order valence-corrected chi connectivity index (χ4v) is 4.45. The van der Waals surface area contributed by atoms with Crippen molar-refractivity contribution in [3.8, 4) is 11.3 Å². The van der Waals surface area contributed by atoms with Gasteiger partial charge in [-0.1, -0.05) is 17.7 Å². The molecule has 0 unspecified atom stereocenters. The van der Waals surface area contributed by atoms with Gasteiger partial charge in [-0.2, -0.15) is 0 Å². The quantitative estimate of drug-likeness (QED) is 0.444. The van der Waals surface area contributed by atoms with Crippen LogP contribution in [0.15, 0.2) is 48.7 Å². The summed E-state index contributed by atoms with van der Waals surface area (Å²) < 4.78 is 26.9. The zero-order chi connectivity index (χ0) is 23.4. The third-order valence-electron chi connectivity index (χ3n) is 6.06. The van der Waals surface area contributed by atoms with Crippen LogP contribution in [0.3, 0.4) is 0 Å².